The van der Waals surface area contributed by atoms with Crippen molar-refractivity contribution in [3.63, 3.8) is 0 Å². The van der Waals surface area contributed by atoms with Gasteiger partial charge in [-0.2, -0.15) is 0 Å². The predicted molar refractivity (Wildman–Crippen MR) is 72.6 cm³/mol. The van der Waals surface area contributed by atoms with Crippen molar-refractivity contribution in [2.75, 3.05) is 0 Å². The molecule has 0 unspecified atom stereocenters. The normalized spacial score (nSPS) is 33.3. The molecule has 21 heavy (non-hydrogen) atoms. The van der Waals surface area contributed by atoms with Crippen molar-refractivity contribution in [3.8, 4) is 0 Å². The fourth-order valence-electron chi connectivity index (χ4n) is 3.11. The van der Waals surface area contributed by atoms with Gasteiger partial charge >= 0.3 is 5.97 Å². The van der Waals surface area contributed by atoms with Gasteiger partial charge < -0.3 is 10.4 Å². The number of carbonyl (C=O) groups excluding carboxylic acids is 1. The Morgan fingerprint density at radius 1 is 1.24 bits per heavy atom. The van der Waals surface area contributed by atoms with Crippen LogP contribution in [-0.4, -0.2) is 33.0 Å². The zero-order chi connectivity index (χ0) is 14.6. The lowest BCUT2D eigenvalue weighted by atomic mass is 10.2. The number of carboxylic acids is 1. The highest BCUT2D eigenvalue weighted by molar-refractivity contribution is 5.92. The Bertz CT molecular complexity index is 614. The van der Waals surface area contributed by atoms with Gasteiger partial charge in [0.1, 0.15) is 11.5 Å². The molecule has 0 radical (unpaired) electrons. The van der Waals surface area contributed by atoms with Crippen LogP contribution >= 0.6 is 0 Å². The first-order valence-electron chi connectivity index (χ1n) is 7.50. The number of amides is 1. The molecule has 3 aliphatic carbocycles. The summed E-state index contributed by atoms with van der Waals surface area (Å²) in [5, 5.41) is 11.9. The van der Waals surface area contributed by atoms with Crippen molar-refractivity contribution >= 4 is 11.9 Å². The maximum absolute atomic E-state index is 12.2. The summed E-state index contributed by atoms with van der Waals surface area (Å²) in [7, 11) is 0. The first-order valence-corrected chi connectivity index (χ1v) is 7.50. The van der Waals surface area contributed by atoms with Crippen LogP contribution in [0, 0.1) is 17.8 Å². The molecule has 2 N–H and O–H groups in total. The number of aromatic nitrogens is 2. The van der Waals surface area contributed by atoms with Gasteiger partial charge in [-0.1, -0.05) is 0 Å². The third kappa shape index (κ3) is 2.50. The van der Waals surface area contributed by atoms with Gasteiger partial charge in [0, 0.05) is 18.2 Å². The summed E-state index contributed by atoms with van der Waals surface area (Å²) < 4.78 is 0. The molecule has 6 nitrogen and oxygen atoms in total. The fourth-order valence-corrected chi connectivity index (χ4v) is 3.11. The van der Waals surface area contributed by atoms with Gasteiger partial charge in [0.2, 0.25) is 0 Å². The third-order valence-electron chi connectivity index (χ3n) is 4.71. The van der Waals surface area contributed by atoms with Gasteiger partial charge in [0.05, 0.1) is 5.92 Å². The minimum atomic E-state index is -0.707. The summed E-state index contributed by atoms with van der Waals surface area (Å²) in [6.45, 7) is 0. The average molecular weight is 287 g/mol. The minimum Gasteiger partial charge on any atom is -0.481 e. The molecule has 0 bridgehead atoms. The molecule has 1 aromatic heterocycles. The van der Waals surface area contributed by atoms with Crippen LogP contribution in [0.25, 0.3) is 0 Å². The van der Waals surface area contributed by atoms with E-state index in [0.717, 1.165) is 31.5 Å². The molecule has 1 aromatic rings. The lowest BCUT2D eigenvalue weighted by molar-refractivity contribution is -0.138. The minimum absolute atomic E-state index is 0.117. The number of rotatable bonds is 5. The number of hydrogen-bond donors (Lipinski definition) is 2. The molecular formula is C15H17N3O3. The second kappa shape index (κ2) is 4.51. The summed E-state index contributed by atoms with van der Waals surface area (Å²) in [6.07, 6.45) is 5.50. The number of aliphatic carboxylic acids is 1. The maximum atomic E-state index is 12.2. The molecule has 3 aliphatic rings. The Morgan fingerprint density at radius 3 is 2.71 bits per heavy atom. The third-order valence-corrected chi connectivity index (χ3v) is 4.71. The van der Waals surface area contributed by atoms with Gasteiger partial charge in [0.25, 0.3) is 5.91 Å². The van der Waals surface area contributed by atoms with Crippen molar-refractivity contribution in [3.05, 3.63) is 23.8 Å². The van der Waals surface area contributed by atoms with E-state index in [-0.39, 0.29) is 23.8 Å². The van der Waals surface area contributed by atoms with Crippen LogP contribution in [0.5, 0.6) is 0 Å². The quantitative estimate of drug-likeness (QED) is 0.848. The van der Waals surface area contributed by atoms with E-state index < -0.39 is 5.97 Å². The summed E-state index contributed by atoms with van der Waals surface area (Å²) in [4.78, 5) is 31.6. The molecule has 1 amide bonds. The zero-order valence-corrected chi connectivity index (χ0v) is 11.5. The van der Waals surface area contributed by atoms with Gasteiger partial charge in [-0.15, -0.1) is 0 Å². The number of nitrogens with one attached hydrogen (secondary N) is 1. The molecule has 0 aliphatic heterocycles. The van der Waals surface area contributed by atoms with E-state index in [4.69, 9.17) is 5.11 Å². The van der Waals surface area contributed by atoms with Crippen LogP contribution < -0.4 is 5.32 Å². The Labute approximate surface area is 122 Å². The summed E-state index contributed by atoms with van der Waals surface area (Å²) >= 11 is 0. The standard InChI is InChI=1S/C15H17N3O3/c19-14(11-3-4-16-13(17-11)7-1-2-7)18-12-6-9(12)8-5-10(8)15(20)21/h3-4,7-10,12H,1-2,5-6H2,(H,18,19)(H,20,21)/t8-,9+,10-,12+/m1/s1. The molecule has 110 valence electrons. The van der Waals surface area contributed by atoms with Crippen molar-refractivity contribution < 1.29 is 14.7 Å². The van der Waals surface area contributed by atoms with Crippen LogP contribution in [0.2, 0.25) is 0 Å². The number of hydrogen-bond acceptors (Lipinski definition) is 4. The SMILES string of the molecule is O=C(N[C@H]1C[C@H]1[C@H]1C[C@H]1C(=O)O)c1ccnc(C2CC2)n1. The lowest BCUT2D eigenvalue weighted by Gasteiger charge is -2.05. The summed E-state index contributed by atoms with van der Waals surface area (Å²) in [6, 6.07) is 1.75. The van der Waals surface area contributed by atoms with Crippen LogP contribution in [0.4, 0.5) is 0 Å². The number of carboxylic acid groups (broad SMARTS) is 1. The second-order valence-corrected chi connectivity index (χ2v) is 6.40. The summed E-state index contributed by atoms with van der Waals surface area (Å²) in [5.41, 5.74) is 0.420. The lowest BCUT2D eigenvalue weighted by Crippen LogP contribution is -2.28. The first kappa shape index (κ1) is 12.7. The predicted octanol–water partition coefficient (Wildman–Crippen LogP) is 1.19. The van der Waals surface area contributed by atoms with E-state index in [1.165, 1.54) is 0 Å². The highest BCUT2D eigenvalue weighted by atomic mass is 16.4. The fraction of sp³-hybridized carbons (Fsp3) is 0.600. The van der Waals surface area contributed by atoms with Crippen LogP contribution in [-0.2, 0) is 4.79 Å². The highest BCUT2D eigenvalue weighted by Crippen LogP contribution is 2.54. The first-order chi connectivity index (χ1) is 10.1. The second-order valence-electron chi connectivity index (χ2n) is 6.40. The maximum Gasteiger partial charge on any atom is 0.306 e. The van der Waals surface area contributed by atoms with Crippen LogP contribution in [0.1, 0.15) is 47.9 Å². The van der Waals surface area contributed by atoms with E-state index in [0.29, 0.717) is 17.5 Å². The zero-order valence-electron chi connectivity index (χ0n) is 11.5. The molecule has 3 fully saturated rings. The van der Waals surface area contributed by atoms with Gasteiger partial charge in [0.15, 0.2) is 0 Å². The Hall–Kier alpha value is -1.98. The molecule has 1 heterocycles. The molecule has 4 rings (SSSR count). The van der Waals surface area contributed by atoms with E-state index in [1.54, 1.807) is 12.3 Å². The van der Waals surface area contributed by atoms with Crippen molar-refractivity contribution in [1.82, 2.24) is 15.3 Å². The monoisotopic (exact) mass is 287 g/mol. The highest BCUT2D eigenvalue weighted by Gasteiger charge is 2.56. The van der Waals surface area contributed by atoms with Gasteiger partial charge in [-0.05, 0) is 43.6 Å². The smallest absolute Gasteiger partial charge is 0.306 e. The Morgan fingerprint density at radius 2 is 2.05 bits per heavy atom. The molecule has 0 saturated heterocycles. The van der Waals surface area contributed by atoms with E-state index >= 15 is 0 Å². The Kier molecular flexibility index (Phi) is 2.74. The van der Waals surface area contributed by atoms with Crippen molar-refractivity contribution in [2.45, 2.75) is 37.6 Å². The summed E-state index contributed by atoms with van der Waals surface area (Å²) in [5.74, 6) is 0.705. The van der Waals surface area contributed by atoms with Crippen molar-refractivity contribution in [1.29, 1.82) is 0 Å². The van der Waals surface area contributed by atoms with Crippen LogP contribution in [0.3, 0.4) is 0 Å². The van der Waals surface area contributed by atoms with Gasteiger partial charge in [-0.25, -0.2) is 9.97 Å². The molecule has 6 heteroatoms. The van der Waals surface area contributed by atoms with Crippen LogP contribution in [0.15, 0.2) is 12.3 Å². The molecule has 0 aromatic carbocycles. The van der Waals surface area contributed by atoms with Gasteiger partial charge in [-0.3, -0.25) is 9.59 Å². The molecule has 4 atom stereocenters. The van der Waals surface area contributed by atoms with E-state index in [2.05, 4.69) is 15.3 Å². The number of carbonyl (C=O) groups is 2. The molecule has 0 spiro atoms. The Balaban J connectivity index is 1.35. The number of nitrogens with zero attached hydrogens (tertiary/aromatic N) is 2. The van der Waals surface area contributed by atoms with Crippen molar-refractivity contribution in [2.24, 2.45) is 17.8 Å². The molecule has 3 saturated carbocycles. The molecular weight excluding hydrogens is 270 g/mol. The van der Waals surface area contributed by atoms with E-state index in [9.17, 15) is 9.59 Å². The largest absolute Gasteiger partial charge is 0.481 e. The topological polar surface area (TPSA) is 92.2 Å². The average Bonchev–Trinajstić information content (AvgIpc) is 3.34. The van der Waals surface area contributed by atoms with E-state index in [1.807, 2.05) is 0 Å².